The predicted molar refractivity (Wildman–Crippen MR) is 76.9 cm³/mol. The Morgan fingerprint density at radius 1 is 1.13 bits per heavy atom. The van der Waals surface area contributed by atoms with Gasteiger partial charge in [-0.25, -0.2) is 0 Å². The third-order valence-corrected chi connectivity index (χ3v) is 3.19. The lowest BCUT2D eigenvalue weighted by Crippen LogP contribution is -2.13. The van der Waals surface area contributed by atoms with Gasteiger partial charge in [-0.2, -0.15) is 23.5 Å². The van der Waals surface area contributed by atoms with Crippen LogP contribution in [0.25, 0.3) is 0 Å². The maximum atomic E-state index is 12.5. The van der Waals surface area contributed by atoms with Crippen molar-refractivity contribution in [3.05, 3.63) is 57.0 Å². The molecule has 0 aliphatic carbocycles. The lowest BCUT2D eigenvalue weighted by molar-refractivity contribution is -0.137. The van der Waals surface area contributed by atoms with Crippen molar-refractivity contribution in [1.82, 2.24) is 4.98 Å². The molecular formula is C15H11F3N4O. The van der Waals surface area contributed by atoms with Crippen LogP contribution in [-0.4, -0.2) is 4.98 Å². The molecule has 0 atom stereocenters. The normalized spacial score (nSPS) is 11.7. The molecule has 0 amide bonds. The number of nitrogens with zero attached hydrogens (tertiary/aromatic N) is 3. The number of nitriles is 1. The van der Waals surface area contributed by atoms with E-state index in [0.29, 0.717) is 16.9 Å². The summed E-state index contributed by atoms with van der Waals surface area (Å²) in [5.74, 6) is 0. The van der Waals surface area contributed by atoms with Crippen molar-refractivity contribution in [3.8, 4) is 6.07 Å². The minimum absolute atomic E-state index is 0.0723. The van der Waals surface area contributed by atoms with E-state index in [-0.39, 0.29) is 11.3 Å². The molecule has 1 heterocycles. The summed E-state index contributed by atoms with van der Waals surface area (Å²) in [7, 11) is 0. The van der Waals surface area contributed by atoms with Crippen LogP contribution >= 0.6 is 0 Å². The number of alkyl halides is 3. The number of benzene rings is 1. The van der Waals surface area contributed by atoms with Crippen LogP contribution in [0, 0.1) is 25.2 Å². The summed E-state index contributed by atoms with van der Waals surface area (Å²) in [4.78, 5) is 14.1. The van der Waals surface area contributed by atoms with Gasteiger partial charge in [-0.15, -0.1) is 5.11 Å². The minimum atomic E-state index is -4.41. The number of rotatable bonds is 2. The van der Waals surface area contributed by atoms with E-state index in [1.165, 1.54) is 12.1 Å². The monoisotopic (exact) mass is 320 g/mol. The summed E-state index contributed by atoms with van der Waals surface area (Å²) in [5, 5.41) is 16.8. The molecule has 0 spiro atoms. The summed E-state index contributed by atoms with van der Waals surface area (Å²) in [6.45, 7) is 3.15. The molecule has 0 saturated carbocycles. The van der Waals surface area contributed by atoms with Gasteiger partial charge in [-0.05, 0) is 38.1 Å². The molecule has 0 fully saturated rings. The zero-order valence-corrected chi connectivity index (χ0v) is 12.2. The second-order valence-electron chi connectivity index (χ2n) is 4.78. The molecule has 0 aliphatic rings. The Kier molecular flexibility index (Phi) is 4.31. The molecule has 0 saturated heterocycles. The summed E-state index contributed by atoms with van der Waals surface area (Å²) >= 11 is 0. The second kappa shape index (κ2) is 6.04. The highest BCUT2D eigenvalue weighted by Crippen LogP contribution is 2.31. The number of hydrogen-bond acceptors (Lipinski definition) is 4. The first-order valence-corrected chi connectivity index (χ1v) is 6.46. The van der Waals surface area contributed by atoms with E-state index < -0.39 is 17.3 Å². The number of aryl methyl sites for hydroxylation is 1. The molecule has 118 valence electrons. The quantitative estimate of drug-likeness (QED) is 0.837. The molecule has 0 radical (unpaired) electrons. The molecule has 2 aromatic rings. The van der Waals surface area contributed by atoms with Crippen molar-refractivity contribution < 1.29 is 13.2 Å². The van der Waals surface area contributed by atoms with Crippen LogP contribution in [0.1, 0.15) is 22.4 Å². The van der Waals surface area contributed by atoms with Crippen molar-refractivity contribution in [2.45, 2.75) is 20.0 Å². The van der Waals surface area contributed by atoms with Crippen LogP contribution in [0.4, 0.5) is 24.5 Å². The van der Waals surface area contributed by atoms with E-state index in [0.717, 1.165) is 12.1 Å². The van der Waals surface area contributed by atoms with Crippen LogP contribution < -0.4 is 5.56 Å². The first-order chi connectivity index (χ1) is 10.7. The van der Waals surface area contributed by atoms with E-state index in [4.69, 9.17) is 5.26 Å². The third-order valence-electron chi connectivity index (χ3n) is 3.19. The summed E-state index contributed by atoms with van der Waals surface area (Å²) in [6, 6.07) is 5.97. The highest BCUT2D eigenvalue weighted by Gasteiger charge is 2.29. The molecule has 5 nitrogen and oxygen atoms in total. The predicted octanol–water partition coefficient (Wildman–Crippen LogP) is 4.30. The third kappa shape index (κ3) is 3.45. The number of H-pyrrole nitrogens is 1. The zero-order chi connectivity index (χ0) is 17.2. The van der Waals surface area contributed by atoms with E-state index in [9.17, 15) is 18.0 Å². The van der Waals surface area contributed by atoms with Crippen molar-refractivity contribution in [3.63, 3.8) is 0 Å². The largest absolute Gasteiger partial charge is 0.416 e. The van der Waals surface area contributed by atoms with Gasteiger partial charge >= 0.3 is 6.18 Å². The number of halogens is 3. The van der Waals surface area contributed by atoms with Crippen molar-refractivity contribution >= 4 is 11.4 Å². The van der Waals surface area contributed by atoms with Gasteiger partial charge in [-0.1, -0.05) is 0 Å². The molecule has 0 aliphatic heterocycles. The van der Waals surface area contributed by atoms with Crippen LogP contribution in [-0.2, 0) is 6.18 Å². The molecule has 0 bridgehead atoms. The number of pyridine rings is 1. The lowest BCUT2D eigenvalue weighted by atomic mass is 10.1. The molecule has 2 rings (SSSR count). The fourth-order valence-corrected chi connectivity index (χ4v) is 1.97. The molecule has 1 aromatic carbocycles. The smallest absolute Gasteiger partial charge is 0.323 e. The van der Waals surface area contributed by atoms with Gasteiger partial charge in [0.2, 0.25) is 0 Å². The minimum Gasteiger partial charge on any atom is -0.323 e. The van der Waals surface area contributed by atoms with Gasteiger partial charge in [0.1, 0.15) is 17.3 Å². The van der Waals surface area contributed by atoms with Gasteiger partial charge in [0.25, 0.3) is 5.56 Å². The fraction of sp³-hybridized carbons (Fsp3) is 0.200. The van der Waals surface area contributed by atoms with E-state index in [1.54, 1.807) is 19.9 Å². The van der Waals surface area contributed by atoms with Crippen molar-refractivity contribution in [2.75, 3.05) is 0 Å². The van der Waals surface area contributed by atoms with Gasteiger partial charge in [-0.3, -0.25) is 4.79 Å². The Morgan fingerprint density at radius 3 is 2.26 bits per heavy atom. The van der Waals surface area contributed by atoms with Gasteiger partial charge < -0.3 is 4.98 Å². The summed E-state index contributed by atoms with van der Waals surface area (Å²) in [5.41, 5.74) is -0.0540. The van der Waals surface area contributed by atoms with Gasteiger partial charge in [0.05, 0.1) is 11.3 Å². The average Bonchev–Trinajstić information content (AvgIpc) is 2.46. The fourth-order valence-electron chi connectivity index (χ4n) is 1.97. The number of aromatic nitrogens is 1. The number of hydrogen-bond donors (Lipinski definition) is 1. The average molecular weight is 320 g/mol. The van der Waals surface area contributed by atoms with Crippen molar-refractivity contribution in [1.29, 1.82) is 5.26 Å². The number of azo groups is 1. The topological polar surface area (TPSA) is 81.4 Å². The van der Waals surface area contributed by atoms with Gasteiger partial charge in [0.15, 0.2) is 0 Å². The first kappa shape index (κ1) is 16.4. The molecular weight excluding hydrogens is 309 g/mol. The molecule has 0 unspecified atom stereocenters. The SMILES string of the molecule is Cc1[nH]c(=O)c(C#N)c(C)c1N=Nc1ccc(C(F)(F)F)cc1. The highest BCUT2D eigenvalue weighted by atomic mass is 19.4. The Hall–Kier alpha value is -2.95. The highest BCUT2D eigenvalue weighted by molar-refractivity contribution is 5.55. The molecule has 1 aromatic heterocycles. The van der Waals surface area contributed by atoms with Crippen LogP contribution in [0.2, 0.25) is 0 Å². The maximum absolute atomic E-state index is 12.5. The standard InChI is InChI=1S/C15H11F3N4O/c1-8-12(7-19)14(23)20-9(2)13(8)22-21-11-5-3-10(4-6-11)15(16,17)18/h3-6H,1-2H3,(H,20,23). The van der Waals surface area contributed by atoms with Crippen molar-refractivity contribution in [2.24, 2.45) is 10.2 Å². The molecule has 23 heavy (non-hydrogen) atoms. The van der Waals surface area contributed by atoms with Crippen LogP contribution in [0.15, 0.2) is 39.3 Å². The second-order valence-corrected chi connectivity index (χ2v) is 4.78. The Morgan fingerprint density at radius 2 is 1.74 bits per heavy atom. The Bertz CT molecular complexity index is 859. The zero-order valence-electron chi connectivity index (χ0n) is 12.2. The Balaban J connectivity index is 2.38. The van der Waals surface area contributed by atoms with E-state index >= 15 is 0 Å². The molecule has 1 N–H and O–H groups in total. The van der Waals surface area contributed by atoms with Gasteiger partial charge in [0, 0.05) is 11.3 Å². The van der Waals surface area contributed by atoms with E-state index in [1.807, 2.05) is 0 Å². The summed E-state index contributed by atoms with van der Waals surface area (Å²) in [6.07, 6.45) is -4.41. The first-order valence-electron chi connectivity index (χ1n) is 6.46. The van der Waals surface area contributed by atoms with Crippen LogP contribution in [0.5, 0.6) is 0 Å². The lowest BCUT2D eigenvalue weighted by Gasteiger charge is -2.06. The Labute approximate surface area is 129 Å². The summed E-state index contributed by atoms with van der Waals surface area (Å²) < 4.78 is 37.4. The number of nitrogens with one attached hydrogen (secondary N) is 1. The number of aromatic amines is 1. The van der Waals surface area contributed by atoms with E-state index in [2.05, 4.69) is 15.2 Å². The maximum Gasteiger partial charge on any atom is 0.416 e. The molecule has 8 heteroatoms. The van der Waals surface area contributed by atoms with Crippen LogP contribution in [0.3, 0.4) is 0 Å².